The van der Waals surface area contributed by atoms with Crippen molar-refractivity contribution in [1.29, 1.82) is 0 Å². The first-order valence-corrected chi connectivity index (χ1v) is 22.3. The predicted molar refractivity (Wildman–Crippen MR) is 150 cm³/mol. The zero-order valence-electron chi connectivity index (χ0n) is 23.5. The second-order valence-electron chi connectivity index (χ2n) is 12.3. The number of hydrogen-bond acceptors (Lipinski definition) is 8. The zero-order valence-corrected chi connectivity index (χ0v) is 26.3. The van der Waals surface area contributed by atoms with Gasteiger partial charge in [-0.3, -0.25) is 0 Å². The average molecular weight is 613 g/mol. The summed E-state index contributed by atoms with van der Waals surface area (Å²) in [6, 6.07) is 11.2. The monoisotopic (exact) mass is 614 g/mol. The third-order valence-electron chi connectivity index (χ3n) is 5.24. The maximum absolute atomic E-state index is 12.9. The van der Waals surface area contributed by atoms with Crippen molar-refractivity contribution in [3.05, 3.63) is 64.2 Å². The van der Waals surface area contributed by atoms with Gasteiger partial charge in [0.2, 0.25) is 0 Å². The molecule has 0 bridgehead atoms. The summed E-state index contributed by atoms with van der Waals surface area (Å²) in [5.74, 6) is 0.196. The van der Waals surface area contributed by atoms with Crippen LogP contribution < -0.4 is 14.4 Å². The molecule has 3 rings (SSSR count). The Morgan fingerprint density at radius 1 is 0.703 bits per heavy atom. The van der Waals surface area contributed by atoms with Gasteiger partial charge in [0.25, 0.3) is 0 Å². The molecule has 0 saturated carbocycles. The van der Waals surface area contributed by atoms with Crippen LogP contribution in [0.4, 0.5) is 0 Å². The molecular weight excluding hydrogens is 575 g/mol. The SMILES string of the molecule is Cc1cc(C(=O)OC(C)(C)C)cc(C2=NNC(c3cc(C(=O)OC(C)(C)C)c[c]([Sn]([CH3])([CH3])[CH3])c3)=NN2)c1. The number of esters is 2. The van der Waals surface area contributed by atoms with Crippen LogP contribution in [0.25, 0.3) is 0 Å². The van der Waals surface area contributed by atoms with E-state index >= 15 is 0 Å². The number of benzene rings is 2. The molecule has 1 heterocycles. The molecule has 37 heavy (non-hydrogen) atoms. The van der Waals surface area contributed by atoms with Crippen molar-refractivity contribution in [2.24, 2.45) is 10.2 Å². The second kappa shape index (κ2) is 10.5. The van der Waals surface area contributed by atoms with Crippen molar-refractivity contribution >= 4 is 45.6 Å². The first kappa shape index (κ1) is 28.7. The number of carbonyl (C=O) groups is 2. The Bertz CT molecular complexity index is 1280. The maximum atomic E-state index is 12.9. The van der Waals surface area contributed by atoms with Crippen LogP contribution >= 0.6 is 0 Å². The van der Waals surface area contributed by atoms with Crippen molar-refractivity contribution in [3.8, 4) is 0 Å². The fraction of sp³-hybridized carbons (Fsp3) is 0.429. The molecule has 9 heteroatoms. The molecule has 1 aliphatic heterocycles. The van der Waals surface area contributed by atoms with E-state index in [4.69, 9.17) is 9.47 Å². The van der Waals surface area contributed by atoms with Gasteiger partial charge in [-0.25, -0.2) is 0 Å². The molecule has 0 atom stereocenters. The molecule has 0 amide bonds. The molecule has 0 saturated heterocycles. The molecule has 2 aromatic carbocycles. The van der Waals surface area contributed by atoms with Crippen LogP contribution in [0.15, 0.2) is 46.6 Å². The van der Waals surface area contributed by atoms with Gasteiger partial charge in [-0.05, 0) is 20.8 Å². The topological polar surface area (TPSA) is 101 Å². The Hall–Kier alpha value is -2.88. The standard InChI is InChI=1S/C25H29N4O4.3CH3.Sn/c1-15-11-18(14-19(12-15)23(31)33-25(5,6)7)21-28-26-20(27-29-21)16-9-8-10-17(13-16)22(30)32-24(2,3)4;;;;/h9-14H,1-7H3,(H,26,27)(H,28,29);3*1H3;. The minimum absolute atomic E-state index is 0.367. The number of aryl methyl sites for hydroxylation is 1. The zero-order chi connectivity index (χ0) is 27.8. The van der Waals surface area contributed by atoms with Crippen LogP contribution in [0.3, 0.4) is 0 Å². The first-order chi connectivity index (χ1) is 16.9. The Morgan fingerprint density at radius 2 is 1.14 bits per heavy atom. The number of hydrogen-bond donors (Lipinski definition) is 2. The number of hydrazone groups is 2. The summed E-state index contributed by atoms with van der Waals surface area (Å²) in [6.45, 7) is 13.0. The summed E-state index contributed by atoms with van der Waals surface area (Å²) in [5, 5.41) is 8.97. The normalized spacial score (nSPS) is 14.1. The van der Waals surface area contributed by atoms with Gasteiger partial charge in [0, 0.05) is 0 Å². The number of nitrogens with one attached hydrogen (secondary N) is 2. The molecule has 198 valence electrons. The van der Waals surface area contributed by atoms with Crippen molar-refractivity contribution in [2.45, 2.75) is 74.5 Å². The van der Waals surface area contributed by atoms with E-state index in [2.05, 4.69) is 41.9 Å². The van der Waals surface area contributed by atoms with Crippen molar-refractivity contribution in [1.82, 2.24) is 10.9 Å². The van der Waals surface area contributed by atoms with E-state index in [0.717, 1.165) is 11.1 Å². The number of ether oxygens (including phenoxy) is 2. The van der Waals surface area contributed by atoms with Gasteiger partial charge >= 0.3 is 198 Å². The van der Waals surface area contributed by atoms with Crippen LogP contribution in [0, 0.1) is 6.92 Å². The van der Waals surface area contributed by atoms with E-state index in [0.29, 0.717) is 28.4 Å². The van der Waals surface area contributed by atoms with Crippen LogP contribution in [-0.4, -0.2) is 53.2 Å². The molecule has 8 nitrogen and oxygen atoms in total. The summed E-state index contributed by atoms with van der Waals surface area (Å²) in [5.41, 5.74) is 8.10. The van der Waals surface area contributed by atoms with Gasteiger partial charge in [0.05, 0.1) is 0 Å². The third kappa shape index (κ3) is 8.05. The Kier molecular flexibility index (Phi) is 8.12. The molecule has 0 radical (unpaired) electrons. The summed E-state index contributed by atoms with van der Waals surface area (Å²) >= 11 is -2.56. The van der Waals surface area contributed by atoms with E-state index in [9.17, 15) is 9.59 Å². The number of nitrogens with zero attached hydrogens (tertiary/aromatic N) is 2. The van der Waals surface area contributed by atoms with E-state index in [-0.39, 0.29) is 5.97 Å². The number of carbonyl (C=O) groups excluding carboxylic acids is 2. The number of rotatable bonds is 5. The molecular formula is C28H38N4O4Sn. The minimum atomic E-state index is -2.56. The molecule has 2 N–H and O–H groups in total. The predicted octanol–water partition coefficient (Wildman–Crippen LogP) is 4.67. The molecule has 0 aromatic heterocycles. The Labute approximate surface area is 223 Å². The molecule has 0 unspecified atom stereocenters. The van der Waals surface area contributed by atoms with Crippen LogP contribution in [0.2, 0.25) is 14.8 Å². The van der Waals surface area contributed by atoms with E-state index in [1.54, 1.807) is 18.2 Å². The molecule has 0 aliphatic carbocycles. The average Bonchev–Trinajstić information content (AvgIpc) is 2.75. The van der Waals surface area contributed by atoms with E-state index in [1.165, 1.54) is 3.58 Å². The summed E-state index contributed by atoms with van der Waals surface area (Å²) < 4.78 is 12.3. The Morgan fingerprint density at radius 3 is 1.54 bits per heavy atom. The number of amidine groups is 2. The Balaban J connectivity index is 1.90. The van der Waals surface area contributed by atoms with Crippen molar-refractivity contribution in [2.75, 3.05) is 0 Å². The first-order valence-electron chi connectivity index (χ1n) is 12.3. The molecule has 2 aromatic rings. The third-order valence-corrected chi connectivity index (χ3v) is 11.0. The summed E-state index contributed by atoms with van der Waals surface area (Å²) in [7, 11) is 0. The van der Waals surface area contributed by atoms with Crippen LogP contribution in [-0.2, 0) is 9.47 Å². The summed E-state index contributed by atoms with van der Waals surface area (Å²) in [6.07, 6.45) is 0. The van der Waals surface area contributed by atoms with Crippen LogP contribution in [0.5, 0.6) is 0 Å². The second-order valence-corrected chi connectivity index (χ2v) is 26.8. The quantitative estimate of drug-likeness (QED) is 0.376. The fourth-order valence-electron chi connectivity index (χ4n) is 3.55. The van der Waals surface area contributed by atoms with Gasteiger partial charge in [-0.1, -0.05) is 0 Å². The van der Waals surface area contributed by atoms with Gasteiger partial charge in [0.15, 0.2) is 0 Å². The summed E-state index contributed by atoms with van der Waals surface area (Å²) in [4.78, 5) is 32.4. The van der Waals surface area contributed by atoms with Crippen molar-refractivity contribution in [3.63, 3.8) is 0 Å². The van der Waals surface area contributed by atoms with Gasteiger partial charge in [-0.2, -0.15) is 0 Å². The molecule has 0 fully saturated rings. The van der Waals surface area contributed by atoms with Crippen LogP contribution in [0.1, 0.15) is 78.9 Å². The van der Waals surface area contributed by atoms with Crippen molar-refractivity contribution < 1.29 is 19.1 Å². The van der Waals surface area contributed by atoms with Gasteiger partial charge in [-0.15, -0.1) is 0 Å². The molecule has 1 aliphatic rings. The fourth-order valence-corrected chi connectivity index (χ4v) is 6.91. The van der Waals surface area contributed by atoms with Gasteiger partial charge < -0.3 is 0 Å². The molecule has 0 spiro atoms. The van der Waals surface area contributed by atoms with Gasteiger partial charge in [0.1, 0.15) is 5.60 Å². The van der Waals surface area contributed by atoms with E-state index < -0.39 is 35.5 Å². The van der Waals surface area contributed by atoms with E-state index in [1.807, 2.05) is 60.6 Å².